The highest BCUT2D eigenvalue weighted by Gasteiger charge is 2.34. The Labute approximate surface area is 193 Å². The maximum atomic E-state index is 13.3. The number of pyridine rings is 2. The molecule has 0 atom stereocenters. The first-order chi connectivity index (χ1) is 15.7. The first-order valence-corrected chi connectivity index (χ1v) is 12.0. The molecule has 0 unspecified atom stereocenters. The Kier molecular flexibility index (Phi) is 7.09. The monoisotopic (exact) mass is 464 g/mol. The van der Waals surface area contributed by atoms with Crippen LogP contribution in [0.25, 0.3) is 10.6 Å². The van der Waals surface area contributed by atoms with Crippen molar-refractivity contribution < 1.29 is 9.59 Å². The summed E-state index contributed by atoms with van der Waals surface area (Å²) in [4.78, 5) is 39.4. The lowest BCUT2D eigenvalue weighted by Gasteiger charge is -2.27. The molecule has 32 heavy (non-hydrogen) atoms. The lowest BCUT2D eigenvalue weighted by Crippen LogP contribution is -2.45. The number of hydrazine groups is 1. The molecule has 0 saturated carbocycles. The number of amides is 2. The van der Waals surface area contributed by atoms with Crippen LogP contribution in [0, 0.1) is 11.3 Å². The first-order valence-electron chi connectivity index (χ1n) is 10.1. The molecule has 8 nitrogen and oxygen atoms in total. The largest absolute Gasteiger partial charge is 0.291 e. The van der Waals surface area contributed by atoms with Crippen LogP contribution in [0.3, 0.4) is 0 Å². The number of nitriles is 1. The van der Waals surface area contributed by atoms with Crippen LogP contribution in [0.2, 0.25) is 0 Å². The zero-order chi connectivity index (χ0) is 22.3. The van der Waals surface area contributed by atoms with Crippen LogP contribution in [0.4, 0.5) is 0 Å². The maximum Gasteiger partial charge on any atom is 0.291 e. The summed E-state index contributed by atoms with van der Waals surface area (Å²) in [5, 5.41) is 14.7. The molecular weight excluding hydrogens is 444 g/mol. The van der Waals surface area contributed by atoms with Crippen LogP contribution in [-0.4, -0.2) is 55.6 Å². The van der Waals surface area contributed by atoms with Gasteiger partial charge >= 0.3 is 0 Å². The van der Waals surface area contributed by atoms with E-state index in [4.69, 9.17) is 5.26 Å². The third kappa shape index (κ3) is 4.79. The second-order valence-corrected chi connectivity index (χ2v) is 8.90. The number of hydrogen-bond donors (Lipinski definition) is 0. The fourth-order valence-corrected chi connectivity index (χ4v) is 5.00. The van der Waals surface area contributed by atoms with Gasteiger partial charge in [-0.05, 0) is 37.1 Å². The molecule has 0 aromatic carbocycles. The summed E-state index contributed by atoms with van der Waals surface area (Å²) in [7, 11) is 0. The molecule has 10 heteroatoms. The van der Waals surface area contributed by atoms with Crippen molar-refractivity contribution in [1.82, 2.24) is 25.0 Å². The fraction of sp³-hybridized carbons (Fsp3) is 0.273. The molecule has 1 saturated heterocycles. The van der Waals surface area contributed by atoms with E-state index in [2.05, 4.69) is 21.0 Å². The molecule has 2 amide bonds. The molecule has 3 aromatic heterocycles. The minimum Gasteiger partial charge on any atom is -0.267 e. The third-order valence-corrected chi connectivity index (χ3v) is 6.79. The van der Waals surface area contributed by atoms with Crippen LogP contribution in [-0.2, 0) is 0 Å². The lowest BCUT2D eigenvalue weighted by atomic mass is 10.2. The van der Waals surface area contributed by atoms with Gasteiger partial charge in [-0.2, -0.15) is 5.26 Å². The van der Waals surface area contributed by atoms with Crippen molar-refractivity contribution in [3.8, 4) is 16.6 Å². The van der Waals surface area contributed by atoms with Crippen molar-refractivity contribution in [2.75, 3.05) is 18.8 Å². The highest BCUT2D eigenvalue weighted by Crippen LogP contribution is 2.27. The lowest BCUT2D eigenvalue weighted by molar-refractivity contribution is 0.0180. The Balaban J connectivity index is 1.51. The minimum atomic E-state index is -0.297. The molecule has 0 radical (unpaired) electrons. The SMILES string of the molecule is N#CCCCSc1ncccc1C(=O)N1CCCN1C(=O)c1csc(-c2cccnc2)n1. The van der Waals surface area contributed by atoms with Gasteiger partial charge in [-0.1, -0.05) is 0 Å². The number of unbranched alkanes of at least 4 members (excludes halogenated alkanes) is 1. The molecule has 3 aromatic rings. The van der Waals surface area contributed by atoms with Crippen molar-refractivity contribution >= 4 is 34.9 Å². The standard InChI is InChI=1S/C22H20N6O2S2/c23-8-1-2-13-31-20-17(7-4-10-25-20)21(29)27-11-5-12-28(27)22(30)18-15-32-19(26-18)16-6-3-9-24-14-16/h3-4,6-7,9-10,14-15H,1-2,5,11-13H2. The number of carbonyl (C=O) groups is 2. The molecule has 4 heterocycles. The molecule has 0 N–H and O–H groups in total. The van der Waals surface area contributed by atoms with Crippen molar-refractivity contribution in [2.24, 2.45) is 0 Å². The van der Waals surface area contributed by atoms with Gasteiger partial charge in [0.15, 0.2) is 0 Å². The van der Waals surface area contributed by atoms with E-state index < -0.39 is 0 Å². The van der Waals surface area contributed by atoms with Crippen LogP contribution in [0.1, 0.15) is 40.1 Å². The molecule has 0 aliphatic carbocycles. The van der Waals surface area contributed by atoms with Gasteiger partial charge in [0.1, 0.15) is 15.7 Å². The second kappa shape index (κ2) is 10.3. The van der Waals surface area contributed by atoms with Gasteiger partial charge in [0.25, 0.3) is 11.8 Å². The molecule has 1 aliphatic heterocycles. The van der Waals surface area contributed by atoms with Crippen molar-refractivity contribution in [3.05, 3.63) is 59.5 Å². The van der Waals surface area contributed by atoms with E-state index in [1.165, 1.54) is 33.1 Å². The average molecular weight is 465 g/mol. The summed E-state index contributed by atoms with van der Waals surface area (Å²) in [5.41, 5.74) is 1.62. The molecule has 0 spiro atoms. The van der Waals surface area contributed by atoms with Gasteiger partial charge in [0, 0.05) is 54.8 Å². The second-order valence-electron chi connectivity index (χ2n) is 6.96. The van der Waals surface area contributed by atoms with Crippen molar-refractivity contribution in [1.29, 1.82) is 5.26 Å². The predicted molar refractivity (Wildman–Crippen MR) is 122 cm³/mol. The number of rotatable bonds is 7. The third-order valence-electron chi connectivity index (χ3n) is 4.81. The molecule has 4 rings (SSSR count). The van der Waals surface area contributed by atoms with E-state index in [1.54, 1.807) is 36.1 Å². The van der Waals surface area contributed by atoms with E-state index in [0.29, 0.717) is 53.0 Å². The Bertz CT molecular complexity index is 1140. The number of hydrogen-bond acceptors (Lipinski definition) is 8. The Hall–Kier alpha value is -3.29. The topological polar surface area (TPSA) is 103 Å². The van der Waals surface area contributed by atoms with Gasteiger partial charge < -0.3 is 0 Å². The quantitative estimate of drug-likeness (QED) is 0.386. The Morgan fingerprint density at radius 3 is 2.75 bits per heavy atom. The van der Waals surface area contributed by atoms with E-state index in [1.807, 2.05) is 12.1 Å². The van der Waals surface area contributed by atoms with Crippen LogP contribution in [0.5, 0.6) is 0 Å². The van der Waals surface area contributed by atoms with Crippen molar-refractivity contribution in [2.45, 2.75) is 24.3 Å². The van der Waals surface area contributed by atoms with Crippen LogP contribution >= 0.6 is 23.1 Å². The first kappa shape index (κ1) is 21.9. The summed E-state index contributed by atoms with van der Waals surface area (Å²) in [6, 6.07) is 9.28. The molecule has 1 fully saturated rings. The zero-order valence-corrected chi connectivity index (χ0v) is 18.8. The normalized spacial score (nSPS) is 13.2. The summed E-state index contributed by atoms with van der Waals surface area (Å²) in [6.07, 6.45) is 6.92. The number of aromatic nitrogens is 3. The summed E-state index contributed by atoms with van der Waals surface area (Å²) < 4.78 is 0. The number of thiazole rings is 1. The molecule has 1 aliphatic rings. The maximum absolute atomic E-state index is 13.3. The minimum absolute atomic E-state index is 0.255. The Morgan fingerprint density at radius 1 is 1.16 bits per heavy atom. The van der Waals surface area contributed by atoms with Gasteiger partial charge in [0.05, 0.1) is 11.6 Å². The number of thioether (sulfide) groups is 1. The fourth-order valence-electron chi connectivity index (χ4n) is 3.29. The smallest absolute Gasteiger partial charge is 0.267 e. The van der Waals surface area contributed by atoms with Gasteiger partial charge in [-0.25, -0.2) is 20.0 Å². The van der Waals surface area contributed by atoms with Gasteiger partial charge in [0.2, 0.25) is 0 Å². The highest BCUT2D eigenvalue weighted by molar-refractivity contribution is 7.99. The zero-order valence-electron chi connectivity index (χ0n) is 17.2. The highest BCUT2D eigenvalue weighted by atomic mass is 32.2. The van der Waals surface area contributed by atoms with E-state index in [-0.39, 0.29) is 11.8 Å². The Morgan fingerprint density at radius 2 is 1.97 bits per heavy atom. The average Bonchev–Trinajstić information content (AvgIpc) is 3.52. The molecule has 0 bridgehead atoms. The summed E-state index contributed by atoms with van der Waals surface area (Å²) in [6.45, 7) is 0.910. The van der Waals surface area contributed by atoms with Crippen LogP contribution in [0.15, 0.2) is 53.3 Å². The van der Waals surface area contributed by atoms with Crippen molar-refractivity contribution in [3.63, 3.8) is 0 Å². The van der Waals surface area contributed by atoms with E-state index >= 15 is 0 Å². The molecular formula is C22H20N6O2S2. The summed E-state index contributed by atoms with van der Waals surface area (Å²) in [5.74, 6) is 0.146. The summed E-state index contributed by atoms with van der Waals surface area (Å²) >= 11 is 2.82. The number of carbonyl (C=O) groups excluding carboxylic acids is 2. The molecule has 162 valence electrons. The predicted octanol–water partition coefficient (Wildman–Crippen LogP) is 3.90. The van der Waals surface area contributed by atoms with Gasteiger partial charge in [-0.15, -0.1) is 23.1 Å². The van der Waals surface area contributed by atoms with Crippen LogP contribution < -0.4 is 0 Å². The number of nitrogens with zero attached hydrogens (tertiary/aromatic N) is 6. The van der Waals surface area contributed by atoms with E-state index in [9.17, 15) is 9.59 Å². The van der Waals surface area contributed by atoms with E-state index in [0.717, 1.165) is 12.0 Å². The van der Waals surface area contributed by atoms with Gasteiger partial charge in [-0.3, -0.25) is 14.6 Å².